The second-order valence-electron chi connectivity index (χ2n) is 10.6. The Bertz CT molecular complexity index is 1230. The second-order valence-corrected chi connectivity index (χ2v) is 12.9. The molecule has 2 heterocycles. The number of rotatable bonds is 8. The molecule has 4 rings (SSSR count). The topological polar surface area (TPSA) is 73.3 Å². The number of ether oxygens (including phenoxy) is 1. The molecular formula is C27H35ClF3N3O4S. The van der Waals surface area contributed by atoms with E-state index in [4.69, 9.17) is 11.6 Å². The Morgan fingerprint density at radius 3 is 2.21 bits per heavy atom. The normalized spacial score (nSPS) is 19.4. The molecule has 1 N–H and O–H groups in total. The van der Waals surface area contributed by atoms with Crippen LogP contribution in [0.2, 0.25) is 5.02 Å². The van der Waals surface area contributed by atoms with Gasteiger partial charge in [-0.3, -0.25) is 4.90 Å². The number of nitrogens with zero attached hydrogens (tertiary/aromatic N) is 3. The molecule has 0 aliphatic carbocycles. The highest BCUT2D eigenvalue weighted by molar-refractivity contribution is 7.89. The second kappa shape index (κ2) is 12.2. The van der Waals surface area contributed by atoms with Gasteiger partial charge in [0.25, 0.3) is 0 Å². The summed E-state index contributed by atoms with van der Waals surface area (Å²) in [5.74, 6) is 0.416. The highest BCUT2D eigenvalue weighted by Crippen LogP contribution is 2.35. The van der Waals surface area contributed by atoms with E-state index in [9.17, 15) is 26.7 Å². The Balaban J connectivity index is 1.27. The Morgan fingerprint density at radius 2 is 1.64 bits per heavy atom. The molecule has 2 aromatic carbocycles. The maximum atomic E-state index is 13.0. The van der Waals surface area contributed by atoms with Crippen molar-refractivity contribution in [3.8, 4) is 5.75 Å². The van der Waals surface area contributed by atoms with Gasteiger partial charge in [0.05, 0.1) is 4.90 Å². The third-order valence-corrected chi connectivity index (χ3v) is 9.87. The molecule has 216 valence electrons. The van der Waals surface area contributed by atoms with Gasteiger partial charge in [0, 0.05) is 48.5 Å². The maximum Gasteiger partial charge on any atom is 0.573 e. The average molecular weight is 590 g/mol. The fraction of sp³-hybridized carbons (Fsp3) is 0.556. The Labute approximate surface area is 233 Å². The van der Waals surface area contributed by atoms with Crippen molar-refractivity contribution in [2.75, 3.05) is 45.2 Å². The summed E-state index contributed by atoms with van der Waals surface area (Å²) in [5.41, 5.74) is 1.72. The van der Waals surface area contributed by atoms with Crippen LogP contribution in [0.4, 0.5) is 18.9 Å². The van der Waals surface area contributed by atoms with Crippen LogP contribution in [0.3, 0.4) is 0 Å². The van der Waals surface area contributed by atoms with Crippen LogP contribution in [0.5, 0.6) is 5.75 Å². The first-order chi connectivity index (χ1) is 18.3. The van der Waals surface area contributed by atoms with Crippen LogP contribution in [0.25, 0.3) is 0 Å². The molecular weight excluding hydrogens is 555 g/mol. The molecule has 2 saturated heterocycles. The van der Waals surface area contributed by atoms with Gasteiger partial charge in [-0.15, -0.1) is 13.2 Å². The van der Waals surface area contributed by atoms with Crippen molar-refractivity contribution < 1.29 is 31.4 Å². The van der Waals surface area contributed by atoms with Gasteiger partial charge >= 0.3 is 6.36 Å². The van der Waals surface area contributed by atoms with Gasteiger partial charge in [-0.1, -0.05) is 23.7 Å². The molecule has 1 unspecified atom stereocenters. The van der Waals surface area contributed by atoms with Crippen LogP contribution >= 0.6 is 11.6 Å². The summed E-state index contributed by atoms with van der Waals surface area (Å²) in [6.45, 7) is 2.50. The number of sulfonamides is 1. The third kappa shape index (κ3) is 7.58. The van der Waals surface area contributed by atoms with E-state index >= 15 is 0 Å². The summed E-state index contributed by atoms with van der Waals surface area (Å²) >= 11 is 6.45. The standard InChI is InChI=1S/C27H35ClF3N3O4S/c1-32(2)26(35)24-7-6-21(17-25(24)28)33-12-8-19(9-13-33)16-20-10-14-34(15-11-20)39(36,37)23-5-3-4-22(18-23)38-27(29,30)31/h3-7,17-20,26,35H,8-16H2,1-2H3. The summed E-state index contributed by atoms with van der Waals surface area (Å²) in [7, 11) is -0.321. The quantitative estimate of drug-likeness (QED) is 0.410. The highest BCUT2D eigenvalue weighted by atomic mass is 35.5. The highest BCUT2D eigenvalue weighted by Gasteiger charge is 2.34. The zero-order chi connectivity index (χ0) is 28.4. The summed E-state index contributed by atoms with van der Waals surface area (Å²) < 4.78 is 69.0. The largest absolute Gasteiger partial charge is 0.573 e. The lowest BCUT2D eigenvalue weighted by Gasteiger charge is -2.37. The molecule has 7 nitrogen and oxygen atoms in total. The number of aliphatic hydroxyl groups is 1. The number of hydrogen-bond donors (Lipinski definition) is 1. The van der Waals surface area contributed by atoms with Crippen molar-refractivity contribution in [3.63, 3.8) is 0 Å². The summed E-state index contributed by atoms with van der Waals surface area (Å²) in [6, 6.07) is 10.3. The number of benzene rings is 2. The first-order valence-electron chi connectivity index (χ1n) is 13.1. The Hall–Kier alpha value is -2.05. The molecule has 0 saturated carbocycles. The van der Waals surface area contributed by atoms with E-state index in [2.05, 4.69) is 9.64 Å². The number of piperidine rings is 2. The number of hydrogen-bond acceptors (Lipinski definition) is 6. The third-order valence-electron chi connectivity index (χ3n) is 7.65. The molecule has 0 amide bonds. The molecule has 2 aliphatic rings. The van der Waals surface area contributed by atoms with Gasteiger partial charge in [0.1, 0.15) is 12.0 Å². The molecule has 39 heavy (non-hydrogen) atoms. The predicted octanol–water partition coefficient (Wildman–Crippen LogP) is 5.50. The van der Waals surface area contributed by atoms with E-state index < -0.39 is 28.4 Å². The lowest BCUT2D eigenvalue weighted by molar-refractivity contribution is -0.274. The molecule has 2 aromatic rings. The molecule has 0 spiro atoms. The zero-order valence-corrected chi connectivity index (χ0v) is 23.6. The van der Waals surface area contributed by atoms with E-state index in [1.54, 1.807) is 19.0 Å². The Morgan fingerprint density at radius 1 is 1.03 bits per heavy atom. The molecule has 0 aromatic heterocycles. The van der Waals surface area contributed by atoms with Gasteiger partial charge in [0.15, 0.2) is 0 Å². The minimum Gasteiger partial charge on any atom is -0.406 e. The molecule has 1 atom stereocenters. The number of anilines is 1. The van der Waals surface area contributed by atoms with Crippen molar-refractivity contribution in [2.45, 2.75) is 49.6 Å². The minimum absolute atomic E-state index is 0.195. The van der Waals surface area contributed by atoms with Crippen LogP contribution in [-0.2, 0) is 10.0 Å². The van der Waals surface area contributed by atoms with Crippen LogP contribution in [0, 0.1) is 11.8 Å². The molecule has 2 aliphatic heterocycles. The first kappa shape index (κ1) is 29.9. The molecule has 12 heteroatoms. The van der Waals surface area contributed by atoms with E-state index in [0.29, 0.717) is 35.5 Å². The smallest absolute Gasteiger partial charge is 0.406 e. The fourth-order valence-electron chi connectivity index (χ4n) is 5.46. The van der Waals surface area contributed by atoms with Gasteiger partial charge in [-0.05, 0) is 82.3 Å². The van der Waals surface area contributed by atoms with Gasteiger partial charge in [-0.2, -0.15) is 4.31 Å². The van der Waals surface area contributed by atoms with E-state index in [1.165, 1.54) is 16.4 Å². The molecule has 0 bridgehead atoms. The predicted molar refractivity (Wildman–Crippen MR) is 144 cm³/mol. The van der Waals surface area contributed by atoms with Crippen LogP contribution in [0.15, 0.2) is 47.4 Å². The minimum atomic E-state index is -4.88. The van der Waals surface area contributed by atoms with Crippen LogP contribution in [-0.4, -0.2) is 69.4 Å². The van der Waals surface area contributed by atoms with Crippen LogP contribution in [0.1, 0.15) is 43.9 Å². The van der Waals surface area contributed by atoms with Crippen LogP contribution < -0.4 is 9.64 Å². The van der Waals surface area contributed by atoms with Gasteiger partial charge < -0.3 is 14.7 Å². The van der Waals surface area contributed by atoms with Crippen molar-refractivity contribution in [1.82, 2.24) is 9.21 Å². The lowest BCUT2D eigenvalue weighted by atomic mass is 9.83. The van der Waals surface area contributed by atoms with Crippen molar-refractivity contribution in [3.05, 3.63) is 53.1 Å². The van der Waals surface area contributed by atoms with Crippen molar-refractivity contribution >= 4 is 27.3 Å². The maximum absolute atomic E-state index is 13.0. The van der Waals surface area contributed by atoms with E-state index in [0.717, 1.165) is 63.0 Å². The average Bonchev–Trinajstić information content (AvgIpc) is 2.88. The summed E-state index contributed by atoms with van der Waals surface area (Å²) in [4.78, 5) is 3.80. The van der Waals surface area contributed by atoms with Crippen molar-refractivity contribution in [2.24, 2.45) is 11.8 Å². The van der Waals surface area contributed by atoms with Crippen molar-refractivity contribution in [1.29, 1.82) is 0 Å². The zero-order valence-electron chi connectivity index (χ0n) is 22.1. The SMILES string of the molecule is CN(C)C(O)c1ccc(N2CCC(CC3CCN(S(=O)(=O)c4cccc(OC(F)(F)F)c4)CC3)CC2)cc1Cl. The Kier molecular flexibility index (Phi) is 9.37. The van der Waals surface area contributed by atoms with Gasteiger partial charge in [-0.25, -0.2) is 8.42 Å². The summed E-state index contributed by atoms with van der Waals surface area (Å²) in [5, 5.41) is 10.8. The molecule has 2 fully saturated rings. The van der Waals surface area contributed by atoms with E-state index in [-0.39, 0.29) is 4.90 Å². The summed E-state index contributed by atoms with van der Waals surface area (Å²) in [6.07, 6.45) is -1.09. The first-order valence-corrected chi connectivity index (χ1v) is 14.9. The number of halogens is 4. The number of aliphatic hydroxyl groups excluding tert-OH is 1. The monoisotopic (exact) mass is 589 g/mol. The van der Waals surface area contributed by atoms with E-state index in [1.807, 2.05) is 18.2 Å². The molecule has 0 radical (unpaired) electrons. The fourth-order valence-corrected chi connectivity index (χ4v) is 7.24. The van der Waals surface area contributed by atoms with Gasteiger partial charge in [0.2, 0.25) is 10.0 Å². The lowest BCUT2D eigenvalue weighted by Crippen LogP contribution is -2.39. The number of alkyl halides is 3.